The van der Waals surface area contributed by atoms with E-state index in [9.17, 15) is 24.3 Å². The third kappa shape index (κ3) is 6.04. The molecule has 0 spiro atoms. The number of nitrogens with one attached hydrogen (secondary N) is 4. The molecule has 2 aliphatic heterocycles. The fourth-order valence-corrected chi connectivity index (χ4v) is 6.39. The van der Waals surface area contributed by atoms with E-state index >= 15 is 0 Å². The van der Waals surface area contributed by atoms with Gasteiger partial charge in [0.25, 0.3) is 11.8 Å². The molecule has 1 aliphatic carbocycles. The van der Waals surface area contributed by atoms with Crippen LogP contribution in [0.3, 0.4) is 0 Å². The van der Waals surface area contributed by atoms with Crippen molar-refractivity contribution in [3.63, 3.8) is 0 Å². The second-order valence-corrected chi connectivity index (χ2v) is 11.9. The van der Waals surface area contributed by atoms with Crippen LogP contribution in [0.15, 0.2) is 60.7 Å². The second-order valence-electron chi connectivity index (χ2n) is 11.9. The van der Waals surface area contributed by atoms with Crippen molar-refractivity contribution in [3.8, 4) is 0 Å². The predicted octanol–water partition coefficient (Wildman–Crippen LogP) is 2.10. The molecule has 5 N–H and O–H groups in total. The molecule has 0 bridgehead atoms. The molecule has 3 aromatic rings. The van der Waals surface area contributed by atoms with Gasteiger partial charge in [-0.15, -0.1) is 0 Å². The highest BCUT2D eigenvalue weighted by atomic mass is 16.3. The Hall–Kier alpha value is -4.18. The van der Waals surface area contributed by atoms with Crippen LogP contribution in [0.4, 0.5) is 0 Å². The smallest absolute Gasteiger partial charge is 0.270 e. The maximum absolute atomic E-state index is 13.9. The fraction of sp³-hybridized carbons (Fsp3) is 0.438. The topological polar surface area (TPSA) is 144 Å². The number of benzene rings is 2. The van der Waals surface area contributed by atoms with Crippen LogP contribution in [0.1, 0.15) is 48.2 Å². The molecular weight excluding hydrogens is 534 g/mol. The summed E-state index contributed by atoms with van der Waals surface area (Å²) in [5.41, 5.74) is 2.14. The average molecular weight is 572 g/mol. The Morgan fingerprint density at radius 3 is 2.48 bits per heavy atom. The van der Waals surface area contributed by atoms with E-state index in [-0.39, 0.29) is 30.7 Å². The van der Waals surface area contributed by atoms with Gasteiger partial charge in [-0.1, -0.05) is 48.5 Å². The summed E-state index contributed by atoms with van der Waals surface area (Å²) in [6, 6.07) is 17.0. The van der Waals surface area contributed by atoms with E-state index < -0.39 is 35.9 Å². The molecule has 1 saturated carbocycles. The number of rotatable bonds is 10. The molecule has 3 heterocycles. The molecule has 10 nitrogen and oxygen atoms in total. The Bertz CT molecular complexity index is 1440. The fourth-order valence-electron chi connectivity index (χ4n) is 6.39. The van der Waals surface area contributed by atoms with Crippen molar-refractivity contribution in [1.82, 2.24) is 25.8 Å². The molecule has 10 heteroatoms. The van der Waals surface area contributed by atoms with Crippen molar-refractivity contribution in [2.24, 2.45) is 17.8 Å². The minimum atomic E-state index is -1.57. The number of hydrogen-bond acceptors (Lipinski definition) is 5. The summed E-state index contributed by atoms with van der Waals surface area (Å²) < 4.78 is 0. The van der Waals surface area contributed by atoms with Crippen molar-refractivity contribution >= 4 is 34.5 Å². The van der Waals surface area contributed by atoms with Gasteiger partial charge in [-0.2, -0.15) is 0 Å². The Kier molecular flexibility index (Phi) is 7.97. The van der Waals surface area contributed by atoms with Crippen molar-refractivity contribution in [2.75, 3.05) is 13.1 Å². The van der Waals surface area contributed by atoms with Crippen LogP contribution in [-0.4, -0.2) is 69.9 Å². The summed E-state index contributed by atoms with van der Waals surface area (Å²) in [7, 11) is 0. The highest BCUT2D eigenvalue weighted by Crippen LogP contribution is 2.43. The molecule has 2 unspecified atom stereocenters. The number of aliphatic hydroxyl groups is 1. The second kappa shape index (κ2) is 12.0. The van der Waals surface area contributed by atoms with E-state index in [0.717, 1.165) is 29.3 Å². The van der Waals surface area contributed by atoms with Gasteiger partial charge in [0.05, 0.1) is 6.04 Å². The summed E-state index contributed by atoms with van der Waals surface area (Å²) >= 11 is 0. The number of carbonyl (C=O) groups is 4. The van der Waals surface area contributed by atoms with E-state index in [2.05, 4.69) is 20.9 Å². The molecule has 0 radical (unpaired) electrons. The van der Waals surface area contributed by atoms with Gasteiger partial charge in [-0.05, 0) is 61.6 Å². The number of nitrogens with zero attached hydrogens (tertiary/aromatic N) is 1. The molecule has 4 amide bonds. The average Bonchev–Trinajstić information content (AvgIpc) is 3.41. The molecule has 6 rings (SSSR count). The Morgan fingerprint density at radius 2 is 1.76 bits per heavy atom. The molecule has 1 aromatic heterocycles. The zero-order chi connectivity index (χ0) is 29.2. The van der Waals surface area contributed by atoms with Crippen molar-refractivity contribution in [2.45, 2.75) is 56.8 Å². The van der Waals surface area contributed by atoms with Crippen LogP contribution in [0.5, 0.6) is 0 Å². The van der Waals surface area contributed by atoms with E-state index in [0.29, 0.717) is 37.5 Å². The largest absolute Gasteiger partial charge is 0.381 e. The van der Waals surface area contributed by atoms with Crippen LogP contribution in [0.25, 0.3) is 10.9 Å². The van der Waals surface area contributed by atoms with Crippen molar-refractivity contribution in [1.29, 1.82) is 0 Å². The maximum Gasteiger partial charge on any atom is 0.270 e. The summed E-state index contributed by atoms with van der Waals surface area (Å²) in [6.07, 6.45) is 1.81. The molecular formula is C32H37N5O5. The van der Waals surface area contributed by atoms with E-state index in [4.69, 9.17) is 0 Å². The minimum Gasteiger partial charge on any atom is -0.381 e. The lowest BCUT2D eigenvalue weighted by atomic mass is 9.93. The van der Waals surface area contributed by atoms with E-state index in [1.54, 1.807) is 11.0 Å². The van der Waals surface area contributed by atoms with Crippen LogP contribution in [0.2, 0.25) is 0 Å². The number of amides is 4. The molecule has 5 atom stereocenters. The number of hydrogen-bond donors (Lipinski definition) is 5. The monoisotopic (exact) mass is 571 g/mol. The van der Waals surface area contributed by atoms with Gasteiger partial charge in [0, 0.05) is 36.5 Å². The van der Waals surface area contributed by atoms with Crippen LogP contribution in [0, 0.1) is 17.8 Å². The Labute approximate surface area is 244 Å². The first-order valence-corrected chi connectivity index (χ1v) is 14.8. The molecule has 2 aromatic carbocycles. The standard InChI is InChI=1S/C32H37N5O5/c38-28(31(41)34-17-19-6-2-1-3-7-19)25(15-22-12-13-33-29(22)39)36-30(40)27-16-23(20-10-11-20)18-37(27)32(42)26-14-21-8-4-5-9-24(21)35-26/h1-9,14,20,22-23,25,27-28,35,38H,10-13,15-18H2,(H,33,39)(H,34,41)(H,36,40)/t22-,23+,25?,27-,28?/m0/s1. The number of para-hydroxylation sites is 1. The van der Waals surface area contributed by atoms with Gasteiger partial charge < -0.3 is 30.9 Å². The summed E-state index contributed by atoms with van der Waals surface area (Å²) in [5.74, 6) is -1.17. The van der Waals surface area contributed by atoms with Gasteiger partial charge in [-0.3, -0.25) is 19.2 Å². The number of aromatic nitrogens is 1. The molecule has 42 heavy (non-hydrogen) atoms. The third-order valence-corrected chi connectivity index (χ3v) is 8.93. The minimum absolute atomic E-state index is 0.117. The van der Waals surface area contributed by atoms with Crippen molar-refractivity contribution in [3.05, 3.63) is 71.9 Å². The summed E-state index contributed by atoms with van der Waals surface area (Å²) in [4.78, 5) is 57.8. The van der Waals surface area contributed by atoms with Crippen LogP contribution in [-0.2, 0) is 20.9 Å². The van der Waals surface area contributed by atoms with Gasteiger partial charge in [0.2, 0.25) is 11.8 Å². The Balaban J connectivity index is 1.19. The molecule has 2 saturated heterocycles. The lowest BCUT2D eigenvalue weighted by molar-refractivity contribution is -0.134. The molecule has 3 aliphatic rings. The SMILES string of the molecule is O=C(NCc1ccccc1)C(O)C(C[C@@H]1CCNC1=O)NC(=O)[C@@H]1C[C@@H](C2CC2)CN1C(=O)c1cc2ccccc2[nH]1. The predicted molar refractivity (Wildman–Crippen MR) is 156 cm³/mol. The molecule has 3 fully saturated rings. The number of likely N-dealkylation sites (tertiary alicyclic amines) is 1. The summed E-state index contributed by atoms with van der Waals surface area (Å²) in [6.45, 7) is 1.21. The highest BCUT2D eigenvalue weighted by molar-refractivity contribution is 6.00. The lowest BCUT2D eigenvalue weighted by Gasteiger charge is -2.29. The first-order valence-electron chi connectivity index (χ1n) is 14.8. The van der Waals surface area contributed by atoms with Gasteiger partial charge >= 0.3 is 0 Å². The molecule has 220 valence electrons. The number of H-pyrrole nitrogens is 1. The number of aromatic amines is 1. The summed E-state index contributed by atoms with van der Waals surface area (Å²) in [5, 5.41) is 20.5. The number of carbonyl (C=O) groups excluding carboxylic acids is 4. The number of aliphatic hydroxyl groups excluding tert-OH is 1. The van der Waals surface area contributed by atoms with Crippen LogP contribution < -0.4 is 16.0 Å². The van der Waals surface area contributed by atoms with E-state index in [1.807, 2.05) is 54.6 Å². The van der Waals surface area contributed by atoms with Crippen molar-refractivity contribution < 1.29 is 24.3 Å². The maximum atomic E-state index is 13.9. The first kappa shape index (κ1) is 28.0. The Morgan fingerprint density at radius 1 is 1.00 bits per heavy atom. The quantitative estimate of drug-likeness (QED) is 0.253. The normalized spacial score (nSPS) is 23.4. The van der Waals surface area contributed by atoms with Crippen LogP contribution >= 0.6 is 0 Å². The number of fused-ring (bicyclic) bond motifs is 1. The highest BCUT2D eigenvalue weighted by Gasteiger charge is 2.46. The van der Waals surface area contributed by atoms with Gasteiger partial charge in [0.15, 0.2) is 6.10 Å². The first-order chi connectivity index (χ1) is 20.4. The van der Waals surface area contributed by atoms with E-state index in [1.165, 1.54) is 0 Å². The lowest BCUT2D eigenvalue weighted by Crippen LogP contribution is -2.55. The zero-order valence-electron chi connectivity index (χ0n) is 23.4. The zero-order valence-corrected chi connectivity index (χ0v) is 23.4. The van der Waals surface area contributed by atoms with Gasteiger partial charge in [-0.25, -0.2) is 0 Å². The van der Waals surface area contributed by atoms with Gasteiger partial charge in [0.1, 0.15) is 11.7 Å². The third-order valence-electron chi connectivity index (χ3n) is 8.93.